The molecule has 402 valence electrons. The maximum Gasteiger partial charge on any atom is 0.166 e. The highest BCUT2D eigenvalue weighted by molar-refractivity contribution is 6.12. The number of nitrogens with zero attached hydrogens (tertiary/aromatic N) is 7. The second kappa shape index (κ2) is 19.7. The van der Waals surface area contributed by atoms with Crippen molar-refractivity contribution in [2.75, 3.05) is 0 Å². The van der Waals surface area contributed by atoms with E-state index >= 15 is 0 Å². The van der Waals surface area contributed by atoms with E-state index in [0.717, 1.165) is 72.4 Å². The highest BCUT2D eigenvalue weighted by Crippen LogP contribution is 2.44. The van der Waals surface area contributed by atoms with Gasteiger partial charge in [0.2, 0.25) is 0 Å². The molecule has 0 spiro atoms. The van der Waals surface area contributed by atoms with Crippen molar-refractivity contribution in [3.8, 4) is 79.9 Å². The minimum absolute atomic E-state index is 0.0759. The average Bonchev–Trinajstić information content (AvgIpc) is 3.90. The molecule has 0 bridgehead atoms. The van der Waals surface area contributed by atoms with Crippen molar-refractivity contribution in [2.24, 2.45) is 0 Å². The van der Waals surface area contributed by atoms with Crippen LogP contribution < -0.4 is 0 Å². The lowest BCUT2D eigenvalue weighted by Gasteiger charge is -2.20. The number of rotatable bonds is 7. The first-order chi connectivity index (χ1) is 39.0. The molecule has 0 saturated carbocycles. The summed E-state index contributed by atoms with van der Waals surface area (Å²) in [4.78, 5) is 16.8. The Morgan fingerprint density at radius 1 is 0.305 bits per heavy atom. The zero-order valence-corrected chi connectivity index (χ0v) is 49.0. The first-order valence-electron chi connectivity index (χ1n) is 28.4. The standard InChI is InChI=1S/C75H67N7/c1-72(2,3)53-28-34-63-57(40-53)58-41-54(73(4,5)6)29-35-64(58)81(63)67-32-26-51(48-22-18-46(44-76)19-23-48)38-61(67)70-78-69(50-16-14-13-15-17-50)79-71(80-70)62-39-52(49-24-20-47(45-77)21-25-49)27-33-68(62)82-65-36-30-55(74(7,8)9)42-59(65)60-43-56(75(10,11)12)31-37-66(60)82/h13-43H,1-12H3. The van der Waals surface area contributed by atoms with Crippen LogP contribution in [0.1, 0.15) is 116 Å². The zero-order valence-electron chi connectivity index (χ0n) is 49.0. The Morgan fingerprint density at radius 3 is 0.915 bits per heavy atom. The largest absolute Gasteiger partial charge is 0.309 e. The van der Waals surface area contributed by atoms with E-state index in [1.54, 1.807) is 0 Å². The van der Waals surface area contributed by atoms with Gasteiger partial charge in [-0.25, -0.2) is 15.0 Å². The van der Waals surface area contributed by atoms with Crippen LogP contribution in [0.15, 0.2) is 188 Å². The maximum absolute atomic E-state index is 9.85. The van der Waals surface area contributed by atoms with E-state index in [9.17, 15) is 10.5 Å². The van der Waals surface area contributed by atoms with Gasteiger partial charge in [-0.2, -0.15) is 10.5 Å². The Bertz CT molecular complexity index is 4170. The Kier molecular flexibility index (Phi) is 12.8. The minimum atomic E-state index is -0.0759. The summed E-state index contributed by atoms with van der Waals surface area (Å²) in [7, 11) is 0. The third-order valence-electron chi connectivity index (χ3n) is 16.3. The second-order valence-corrected chi connectivity index (χ2v) is 26.1. The van der Waals surface area contributed by atoms with E-state index in [4.69, 9.17) is 15.0 Å². The fourth-order valence-electron chi connectivity index (χ4n) is 11.4. The normalized spacial score (nSPS) is 12.4. The Hall–Kier alpha value is -9.43. The molecule has 0 saturated heterocycles. The van der Waals surface area contributed by atoms with Crippen molar-refractivity contribution in [1.82, 2.24) is 24.1 Å². The quantitative estimate of drug-likeness (QED) is 0.158. The number of aromatic nitrogens is 5. The summed E-state index contributed by atoms with van der Waals surface area (Å²) in [6.45, 7) is 27.3. The molecular formula is C75H67N7. The van der Waals surface area contributed by atoms with Crippen LogP contribution in [-0.4, -0.2) is 24.1 Å². The summed E-state index contributed by atoms with van der Waals surface area (Å²) in [5.41, 5.74) is 18.4. The molecule has 7 nitrogen and oxygen atoms in total. The first kappa shape index (κ1) is 53.2. The fraction of sp³-hybridized carbons (Fsp3) is 0.213. The summed E-state index contributed by atoms with van der Waals surface area (Å²) >= 11 is 0. The Morgan fingerprint density at radius 2 is 0.610 bits per heavy atom. The molecule has 82 heavy (non-hydrogen) atoms. The van der Waals surface area contributed by atoms with Gasteiger partial charge >= 0.3 is 0 Å². The van der Waals surface area contributed by atoms with Gasteiger partial charge in [0, 0.05) is 38.2 Å². The molecule has 9 aromatic carbocycles. The average molecular weight is 1070 g/mol. The lowest BCUT2D eigenvalue weighted by atomic mass is 9.85. The van der Waals surface area contributed by atoms with E-state index in [0.29, 0.717) is 28.6 Å². The van der Waals surface area contributed by atoms with Crippen LogP contribution in [0.25, 0.3) is 111 Å². The molecule has 0 aliphatic rings. The third-order valence-corrected chi connectivity index (χ3v) is 16.3. The lowest BCUT2D eigenvalue weighted by molar-refractivity contribution is 0.590. The molecule has 0 fully saturated rings. The summed E-state index contributed by atoms with van der Waals surface area (Å²) in [6, 6.07) is 71.2. The van der Waals surface area contributed by atoms with Crippen LogP contribution in [-0.2, 0) is 21.7 Å². The van der Waals surface area contributed by atoms with Gasteiger partial charge in [0.05, 0.1) is 56.7 Å². The molecule has 0 aliphatic heterocycles. The smallest absolute Gasteiger partial charge is 0.166 e. The van der Waals surface area contributed by atoms with Crippen molar-refractivity contribution in [3.05, 3.63) is 221 Å². The summed E-state index contributed by atoms with van der Waals surface area (Å²) in [5.74, 6) is 1.54. The topological polar surface area (TPSA) is 96.1 Å². The molecule has 3 aromatic heterocycles. The zero-order chi connectivity index (χ0) is 57.6. The van der Waals surface area contributed by atoms with E-state index in [-0.39, 0.29) is 21.7 Å². The first-order valence-corrected chi connectivity index (χ1v) is 28.4. The number of hydrogen-bond acceptors (Lipinski definition) is 5. The number of nitriles is 2. The van der Waals surface area contributed by atoms with Gasteiger partial charge in [-0.3, -0.25) is 0 Å². The number of hydrogen-bond donors (Lipinski definition) is 0. The fourth-order valence-corrected chi connectivity index (χ4v) is 11.4. The molecule has 12 rings (SSSR count). The van der Waals surface area contributed by atoms with Crippen LogP contribution in [0.3, 0.4) is 0 Å². The third kappa shape index (κ3) is 9.61. The van der Waals surface area contributed by atoms with E-state index in [2.05, 4.69) is 226 Å². The van der Waals surface area contributed by atoms with Crippen molar-refractivity contribution in [1.29, 1.82) is 10.5 Å². The number of benzene rings is 9. The monoisotopic (exact) mass is 1070 g/mol. The molecule has 0 unspecified atom stereocenters. The van der Waals surface area contributed by atoms with Crippen LogP contribution in [0.4, 0.5) is 0 Å². The summed E-state index contributed by atoms with van der Waals surface area (Å²) < 4.78 is 4.78. The Labute approximate surface area is 481 Å². The summed E-state index contributed by atoms with van der Waals surface area (Å²) in [5, 5.41) is 24.4. The van der Waals surface area contributed by atoms with Gasteiger partial charge in [0.15, 0.2) is 17.5 Å². The molecule has 0 aliphatic carbocycles. The summed E-state index contributed by atoms with van der Waals surface area (Å²) in [6.07, 6.45) is 0. The molecule has 0 amide bonds. The van der Waals surface area contributed by atoms with E-state index in [1.165, 1.54) is 43.8 Å². The molecule has 3 heterocycles. The van der Waals surface area contributed by atoms with Crippen LogP contribution >= 0.6 is 0 Å². The molecule has 0 radical (unpaired) electrons. The molecule has 12 aromatic rings. The second-order valence-electron chi connectivity index (χ2n) is 26.1. The van der Waals surface area contributed by atoms with Gasteiger partial charge in [0.1, 0.15) is 0 Å². The van der Waals surface area contributed by atoms with Gasteiger partial charge in [-0.15, -0.1) is 0 Å². The van der Waals surface area contributed by atoms with Gasteiger partial charge < -0.3 is 9.13 Å². The Balaban J connectivity index is 1.19. The van der Waals surface area contributed by atoms with Crippen molar-refractivity contribution >= 4 is 43.6 Å². The van der Waals surface area contributed by atoms with Crippen LogP contribution in [0, 0.1) is 22.7 Å². The molecular weight excluding hydrogens is 999 g/mol. The van der Waals surface area contributed by atoms with E-state index < -0.39 is 0 Å². The van der Waals surface area contributed by atoms with Crippen molar-refractivity contribution < 1.29 is 0 Å². The van der Waals surface area contributed by atoms with Gasteiger partial charge in [-0.1, -0.05) is 174 Å². The lowest BCUT2D eigenvalue weighted by Crippen LogP contribution is -2.10. The van der Waals surface area contributed by atoms with E-state index in [1.807, 2.05) is 66.7 Å². The van der Waals surface area contributed by atoms with Gasteiger partial charge in [0.25, 0.3) is 0 Å². The molecule has 0 atom stereocenters. The highest BCUT2D eigenvalue weighted by Gasteiger charge is 2.27. The molecule has 7 heteroatoms. The predicted molar refractivity (Wildman–Crippen MR) is 340 cm³/mol. The van der Waals surface area contributed by atoms with Crippen LogP contribution in [0.2, 0.25) is 0 Å². The van der Waals surface area contributed by atoms with Gasteiger partial charge in [-0.05, 0) is 163 Å². The molecule has 0 N–H and O–H groups in total. The number of fused-ring (bicyclic) bond motifs is 6. The minimum Gasteiger partial charge on any atom is -0.309 e. The van der Waals surface area contributed by atoms with Crippen LogP contribution in [0.5, 0.6) is 0 Å². The predicted octanol–water partition coefficient (Wildman–Crippen LogP) is 19.3. The van der Waals surface area contributed by atoms with Crippen molar-refractivity contribution in [3.63, 3.8) is 0 Å². The SMILES string of the molecule is CC(C)(C)c1ccc2c(c1)c1cc(C(C)(C)C)ccc1n2-c1ccc(-c2ccc(C#N)cc2)cc1-c1nc(-c2ccccc2)nc(-c2cc(-c3ccc(C#N)cc3)ccc2-n2c3ccc(C(C)(C)C)cc3c3cc(C(C)(C)C)ccc32)n1. The highest BCUT2D eigenvalue weighted by atomic mass is 15.1. The van der Waals surface area contributed by atoms with Crippen molar-refractivity contribution in [2.45, 2.75) is 105 Å². The maximum atomic E-state index is 9.85.